The fourth-order valence-corrected chi connectivity index (χ4v) is 1.58. The molecule has 18 heavy (non-hydrogen) atoms. The Labute approximate surface area is 104 Å². The molecule has 0 saturated heterocycles. The van der Waals surface area contributed by atoms with Crippen LogP contribution < -0.4 is 0 Å². The largest absolute Gasteiger partial charge is 0.254 e. The molecule has 3 heterocycles. The summed E-state index contributed by atoms with van der Waals surface area (Å²) in [5, 5.41) is 0. The predicted molar refractivity (Wildman–Crippen MR) is 65.1 cm³/mol. The molecule has 0 aliphatic carbocycles. The molecule has 0 N–H and O–H groups in total. The Balaban J connectivity index is 2.18. The standard InChI is InChI=1S/C13H8N5/c1-4-15-12(16-5-1)10-3-8-14-9-11(10)13-17-6-2-7-18-13/h1-8H. The lowest BCUT2D eigenvalue weighted by Crippen LogP contribution is -1.95. The fourth-order valence-electron chi connectivity index (χ4n) is 1.58. The topological polar surface area (TPSA) is 64.5 Å². The van der Waals surface area contributed by atoms with Crippen LogP contribution in [0.15, 0.2) is 49.2 Å². The van der Waals surface area contributed by atoms with Gasteiger partial charge in [-0.25, -0.2) is 19.9 Å². The Hall–Kier alpha value is -2.69. The highest BCUT2D eigenvalue weighted by molar-refractivity contribution is 5.75. The summed E-state index contributed by atoms with van der Waals surface area (Å²) in [6.07, 6.45) is 11.3. The molecule has 0 bridgehead atoms. The van der Waals surface area contributed by atoms with E-state index in [0.29, 0.717) is 17.2 Å². The minimum Gasteiger partial charge on any atom is -0.254 e. The van der Waals surface area contributed by atoms with Gasteiger partial charge in [-0.1, -0.05) is 0 Å². The highest BCUT2D eigenvalue weighted by atomic mass is 14.9. The minimum atomic E-state index is 0.563. The van der Waals surface area contributed by atoms with Crippen LogP contribution in [-0.4, -0.2) is 24.9 Å². The molecule has 0 saturated carbocycles. The molecular weight excluding hydrogens is 226 g/mol. The van der Waals surface area contributed by atoms with E-state index in [1.807, 2.05) is 6.07 Å². The number of hydrogen-bond acceptors (Lipinski definition) is 5. The van der Waals surface area contributed by atoms with Gasteiger partial charge in [0.25, 0.3) is 0 Å². The Morgan fingerprint density at radius 1 is 0.722 bits per heavy atom. The molecule has 0 unspecified atom stereocenters. The molecule has 0 fully saturated rings. The maximum Gasteiger partial charge on any atom is 0.162 e. The highest BCUT2D eigenvalue weighted by Gasteiger charge is 2.11. The summed E-state index contributed by atoms with van der Waals surface area (Å²) < 4.78 is 0. The molecule has 5 heteroatoms. The lowest BCUT2D eigenvalue weighted by Gasteiger charge is -2.05. The van der Waals surface area contributed by atoms with E-state index >= 15 is 0 Å². The van der Waals surface area contributed by atoms with Crippen molar-refractivity contribution >= 4 is 0 Å². The van der Waals surface area contributed by atoms with Crippen LogP contribution in [0.1, 0.15) is 0 Å². The van der Waals surface area contributed by atoms with Gasteiger partial charge >= 0.3 is 0 Å². The third-order valence-electron chi connectivity index (χ3n) is 2.36. The Kier molecular flexibility index (Phi) is 2.71. The summed E-state index contributed by atoms with van der Waals surface area (Å²) in [4.78, 5) is 20.8. The lowest BCUT2D eigenvalue weighted by atomic mass is 10.1. The van der Waals surface area contributed by atoms with Crippen molar-refractivity contribution in [3.05, 3.63) is 55.4 Å². The molecule has 1 radical (unpaired) electrons. The predicted octanol–water partition coefficient (Wildman–Crippen LogP) is 1.80. The Morgan fingerprint density at radius 2 is 1.33 bits per heavy atom. The van der Waals surface area contributed by atoms with Gasteiger partial charge < -0.3 is 0 Å². The van der Waals surface area contributed by atoms with Gasteiger partial charge in [0, 0.05) is 36.5 Å². The van der Waals surface area contributed by atoms with Crippen LogP contribution in [0, 0.1) is 6.20 Å². The first kappa shape index (κ1) is 10.5. The molecular formula is C13H8N5. The van der Waals surface area contributed by atoms with Gasteiger partial charge in [-0.15, -0.1) is 0 Å². The number of aromatic nitrogens is 5. The molecule has 0 spiro atoms. The van der Waals surface area contributed by atoms with E-state index in [1.54, 1.807) is 43.1 Å². The molecule has 0 atom stereocenters. The van der Waals surface area contributed by atoms with Gasteiger partial charge in [0.15, 0.2) is 11.6 Å². The molecule has 0 amide bonds. The second kappa shape index (κ2) is 4.67. The van der Waals surface area contributed by atoms with Crippen molar-refractivity contribution in [3.63, 3.8) is 0 Å². The van der Waals surface area contributed by atoms with Crippen LogP contribution in [-0.2, 0) is 0 Å². The van der Waals surface area contributed by atoms with Crippen LogP contribution in [0.3, 0.4) is 0 Å². The third-order valence-corrected chi connectivity index (χ3v) is 2.36. The zero-order chi connectivity index (χ0) is 12.2. The monoisotopic (exact) mass is 234 g/mol. The zero-order valence-corrected chi connectivity index (χ0v) is 9.35. The smallest absolute Gasteiger partial charge is 0.162 e. The zero-order valence-electron chi connectivity index (χ0n) is 9.35. The summed E-state index contributed by atoms with van der Waals surface area (Å²) in [7, 11) is 0. The molecule has 3 aromatic heterocycles. The van der Waals surface area contributed by atoms with Gasteiger partial charge in [0.1, 0.15) is 6.20 Å². The van der Waals surface area contributed by atoms with E-state index < -0.39 is 0 Å². The molecule has 5 nitrogen and oxygen atoms in total. The maximum absolute atomic E-state index is 4.22. The normalized spacial score (nSPS) is 10.2. The van der Waals surface area contributed by atoms with Gasteiger partial charge in [-0.3, -0.25) is 4.98 Å². The van der Waals surface area contributed by atoms with Crippen molar-refractivity contribution in [2.45, 2.75) is 0 Å². The van der Waals surface area contributed by atoms with Crippen LogP contribution in [0.25, 0.3) is 22.8 Å². The highest BCUT2D eigenvalue weighted by Crippen LogP contribution is 2.25. The summed E-state index contributed by atoms with van der Waals surface area (Å²) >= 11 is 0. The van der Waals surface area contributed by atoms with Crippen molar-refractivity contribution in [1.29, 1.82) is 0 Å². The summed E-state index contributed by atoms with van der Waals surface area (Å²) in [6.45, 7) is 0. The van der Waals surface area contributed by atoms with Gasteiger partial charge in [-0.2, -0.15) is 0 Å². The molecule has 0 aliphatic rings. The fraction of sp³-hybridized carbons (Fsp3) is 0. The van der Waals surface area contributed by atoms with E-state index in [-0.39, 0.29) is 0 Å². The van der Waals surface area contributed by atoms with Crippen LogP contribution >= 0.6 is 0 Å². The average molecular weight is 234 g/mol. The van der Waals surface area contributed by atoms with Crippen molar-refractivity contribution in [1.82, 2.24) is 24.9 Å². The second-order valence-corrected chi connectivity index (χ2v) is 3.49. The van der Waals surface area contributed by atoms with Crippen molar-refractivity contribution in [2.24, 2.45) is 0 Å². The maximum atomic E-state index is 4.22. The Morgan fingerprint density at radius 3 is 2.00 bits per heavy atom. The third kappa shape index (κ3) is 1.93. The van der Waals surface area contributed by atoms with Crippen LogP contribution in [0.4, 0.5) is 0 Å². The molecule has 0 aliphatic heterocycles. The molecule has 0 aromatic carbocycles. The SMILES string of the molecule is [c]1nccc(-c2ncccn2)c1-c1ncccn1. The Bertz CT molecular complexity index is 581. The number of nitrogens with zero attached hydrogens (tertiary/aromatic N) is 5. The summed E-state index contributed by atoms with van der Waals surface area (Å²) in [5.41, 5.74) is 1.51. The minimum absolute atomic E-state index is 0.563. The van der Waals surface area contributed by atoms with Gasteiger partial charge in [0.05, 0.1) is 5.56 Å². The van der Waals surface area contributed by atoms with E-state index in [4.69, 9.17) is 0 Å². The van der Waals surface area contributed by atoms with Gasteiger partial charge in [0.2, 0.25) is 0 Å². The molecule has 3 rings (SSSR count). The average Bonchev–Trinajstić information content (AvgIpc) is 2.49. The first-order chi connectivity index (χ1) is 8.95. The van der Waals surface area contributed by atoms with Crippen molar-refractivity contribution in [2.75, 3.05) is 0 Å². The van der Waals surface area contributed by atoms with Crippen LogP contribution in [0.2, 0.25) is 0 Å². The first-order valence-corrected chi connectivity index (χ1v) is 5.36. The van der Waals surface area contributed by atoms with E-state index in [2.05, 4.69) is 31.1 Å². The van der Waals surface area contributed by atoms with E-state index in [1.165, 1.54) is 0 Å². The van der Waals surface area contributed by atoms with Gasteiger partial charge in [-0.05, 0) is 18.2 Å². The van der Waals surface area contributed by atoms with Crippen molar-refractivity contribution in [3.8, 4) is 22.8 Å². The number of rotatable bonds is 2. The van der Waals surface area contributed by atoms with E-state index in [0.717, 1.165) is 5.56 Å². The summed E-state index contributed by atoms with van der Waals surface area (Å²) in [5.74, 6) is 1.17. The quantitative estimate of drug-likeness (QED) is 0.676. The molecule has 3 aromatic rings. The molecule has 85 valence electrons. The van der Waals surface area contributed by atoms with Crippen LogP contribution in [0.5, 0.6) is 0 Å². The number of pyridine rings is 1. The van der Waals surface area contributed by atoms with E-state index in [9.17, 15) is 0 Å². The van der Waals surface area contributed by atoms with Crippen molar-refractivity contribution < 1.29 is 0 Å². The number of hydrogen-bond donors (Lipinski definition) is 0. The first-order valence-electron chi connectivity index (χ1n) is 5.36. The lowest BCUT2D eigenvalue weighted by molar-refractivity contribution is 1.14. The summed E-state index contributed by atoms with van der Waals surface area (Å²) in [6, 6.07) is 5.36. The second-order valence-electron chi connectivity index (χ2n) is 3.49.